The van der Waals surface area contributed by atoms with Gasteiger partial charge in [-0.25, -0.2) is 4.98 Å². The standard InChI is InChI=1S/C8H11N3O2S2/c1-5-3-14-8(9-5)15-4-7(13)11-10-6(2)12/h3H,4H2,1-2H3,(H,10,12)(H,11,13). The topological polar surface area (TPSA) is 71.1 Å². The monoisotopic (exact) mass is 245 g/mol. The maximum absolute atomic E-state index is 11.2. The van der Waals surface area contributed by atoms with Gasteiger partial charge < -0.3 is 0 Å². The Morgan fingerprint density at radius 1 is 1.53 bits per heavy atom. The van der Waals surface area contributed by atoms with E-state index in [2.05, 4.69) is 15.8 Å². The second-order valence-electron chi connectivity index (χ2n) is 2.77. The van der Waals surface area contributed by atoms with Gasteiger partial charge in [0.1, 0.15) is 0 Å². The molecule has 82 valence electrons. The summed E-state index contributed by atoms with van der Waals surface area (Å²) >= 11 is 2.85. The fraction of sp³-hybridized carbons (Fsp3) is 0.375. The van der Waals surface area contributed by atoms with Gasteiger partial charge in [0.05, 0.1) is 5.75 Å². The number of aromatic nitrogens is 1. The molecule has 0 unspecified atom stereocenters. The molecule has 0 radical (unpaired) electrons. The Morgan fingerprint density at radius 2 is 2.27 bits per heavy atom. The molecule has 15 heavy (non-hydrogen) atoms. The van der Waals surface area contributed by atoms with Gasteiger partial charge in [-0.15, -0.1) is 11.3 Å². The van der Waals surface area contributed by atoms with Crippen LogP contribution >= 0.6 is 23.1 Å². The first-order valence-corrected chi connectivity index (χ1v) is 6.05. The Kier molecular flexibility index (Phi) is 4.57. The molecule has 0 atom stereocenters. The molecule has 1 aromatic heterocycles. The van der Waals surface area contributed by atoms with Crippen molar-refractivity contribution in [2.24, 2.45) is 0 Å². The predicted octanol–water partition coefficient (Wildman–Crippen LogP) is 0.711. The van der Waals surface area contributed by atoms with Gasteiger partial charge in [-0.1, -0.05) is 11.8 Å². The van der Waals surface area contributed by atoms with Gasteiger partial charge in [0.15, 0.2) is 4.34 Å². The molecule has 5 nitrogen and oxygen atoms in total. The molecular weight excluding hydrogens is 234 g/mol. The largest absolute Gasteiger partial charge is 0.274 e. The zero-order valence-corrected chi connectivity index (χ0v) is 10.00. The summed E-state index contributed by atoms with van der Waals surface area (Å²) in [6.45, 7) is 3.23. The summed E-state index contributed by atoms with van der Waals surface area (Å²) in [5.74, 6) is -0.297. The molecule has 0 aromatic carbocycles. The molecule has 0 aliphatic carbocycles. The molecule has 1 aromatic rings. The molecule has 0 bridgehead atoms. The average molecular weight is 245 g/mol. The van der Waals surface area contributed by atoms with Crippen molar-refractivity contribution < 1.29 is 9.59 Å². The first-order valence-electron chi connectivity index (χ1n) is 4.18. The molecule has 0 saturated carbocycles. The van der Waals surface area contributed by atoms with Crippen molar-refractivity contribution >= 4 is 34.9 Å². The van der Waals surface area contributed by atoms with Crippen LogP contribution in [0.3, 0.4) is 0 Å². The van der Waals surface area contributed by atoms with Gasteiger partial charge in [-0.3, -0.25) is 20.4 Å². The van der Waals surface area contributed by atoms with E-state index in [4.69, 9.17) is 0 Å². The van der Waals surface area contributed by atoms with Gasteiger partial charge in [-0.05, 0) is 6.92 Å². The van der Waals surface area contributed by atoms with Crippen molar-refractivity contribution in [2.75, 3.05) is 5.75 Å². The number of rotatable bonds is 3. The second-order valence-corrected chi connectivity index (χ2v) is 4.85. The summed E-state index contributed by atoms with van der Waals surface area (Å²) in [4.78, 5) is 25.8. The summed E-state index contributed by atoms with van der Waals surface area (Å²) in [5.41, 5.74) is 5.44. The maximum atomic E-state index is 11.2. The van der Waals surface area contributed by atoms with Crippen molar-refractivity contribution in [1.29, 1.82) is 0 Å². The van der Waals surface area contributed by atoms with Crippen LogP contribution in [-0.2, 0) is 9.59 Å². The molecule has 0 spiro atoms. The summed E-state index contributed by atoms with van der Waals surface area (Å²) in [6, 6.07) is 0. The number of hydrogen-bond donors (Lipinski definition) is 2. The van der Waals surface area contributed by atoms with E-state index in [1.807, 2.05) is 12.3 Å². The number of carbonyl (C=O) groups excluding carboxylic acids is 2. The first-order chi connectivity index (χ1) is 7.08. The van der Waals surface area contributed by atoms with E-state index < -0.39 is 0 Å². The van der Waals surface area contributed by atoms with Crippen LogP contribution in [0.25, 0.3) is 0 Å². The van der Waals surface area contributed by atoms with E-state index >= 15 is 0 Å². The van der Waals surface area contributed by atoms with Crippen molar-refractivity contribution in [3.05, 3.63) is 11.1 Å². The fourth-order valence-electron chi connectivity index (χ4n) is 0.720. The maximum Gasteiger partial charge on any atom is 0.248 e. The summed E-state index contributed by atoms with van der Waals surface area (Å²) in [6.07, 6.45) is 0. The predicted molar refractivity (Wildman–Crippen MR) is 59.5 cm³/mol. The van der Waals surface area contributed by atoms with Crippen LogP contribution < -0.4 is 10.9 Å². The van der Waals surface area contributed by atoms with Crippen LogP contribution in [0.15, 0.2) is 9.72 Å². The van der Waals surface area contributed by atoms with Crippen molar-refractivity contribution in [2.45, 2.75) is 18.2 Å². The minimum Gasteiger partial charge on any atom is -0.274 e. The van der Waals surface area contributed by atoms with Gasteiger partial charge in [-0.2, -0.15) is 0 Å². The van der Waals surface area contributed by atoms with Crippen LogP contribution in [-0.4, -0.2) is 22.6 Å². The number of hydrogen-bond acceptors (Lipinski definition) is 5. The molecule has 0 aliphatic heterocycles. The molecule has 7 heteroatoms. The zero-order valence-electron chi connectivity index (χ0n) is 8.36. The molecule has 1 heterocycles. The molecule has 0 aliphatic rings. The lowest BCUT2D eigenvalue weighted by Gasteiger charge is -2.02. The number of hydrazine groups is 1. The van der Waals surface area contributed by atoms with Crippen LogP contribution in [0.5, 0.6) is 0 Å². The van der Waals surface area contributed by atoms with Gasteiger partial charge in [0, 0.05) is 18.0 Å². The number of thiazole rings is 1. The quantitative estimate of drug-likeness (QED) is 0.608. The Labute approximate surface area is 95.6 Å². The van der Waals surface area contributed by atoms with Crippen LogP contribution in [0, 0.1) is 6.92 Å². The third-order valence-corrected chi connectivity index (χ3v) is 3.44. The van der Waals surface area contributed by atoms with Crippen molar-refractivity contribution in [1.82, 2.24) is 15.8 Å². The average Bonchev–Trinajstić information content (AvgIpc) is 2.58. The van der Waals surface area contributed by atoms with E-state index in [9.17, 15) is 9.59 Å². The van der Waals surface area contributed by atoms with Crippen molar-refractivity contribution in [3.8, 4) is 0 Å². The van der Waals surface area contributed by atoms with E-state index in [0.717, 1.165) is 10.0 Å². The lowest BCUT2D eigenvalue weighted by molar-refractivity contribution is -0.126. The lowest BCUT2D eigenvalue weighted by atomic mass is 10.6. The molecule has 1 rings (SSSR count). The third-order valence-electron chi connectivity index (χ3n) is 1.30. The Bertz CT molecular complexity index is 365. The SMILES string of the molecule is CC(=O)NNC(=O)CSc1nc(C)cs1. The lowest BCUT2D eigenvalue weighted by Crippen LogP contribution is -2.41. The second kappa shape index (κ2) is 5.72. The Hall–Kier alpha value is -1.08. The highest BCUT2D eigenvalue weighted by Crippen LogP contribution is 2.21. The van der Waals surface area contributed by atoms with Gasteiger partial charge >= 0.3 is 0 Å². The molecule has 0 saturated heterocycles. The highest BCUT2D eigenvalue weighted by atomic mass is 32.2. The minimum absolute atomic E-state index is 0.243. The van der Waals surface area contributed by atoms with Crippen LogP contribution in [0.2, 0.25) is 0 Å². The van der Waals surface area contributed by atoms with E-state index in [0.29, 0.717) is 0 Å². The van der Waals surface area contributed by atoms with Crippen LogP contribution in [0.1, 0.15) is 12.6 Å². The number of aryl methyl sites for hydroxylation is 1. The molecule has 0 fully saturated rings. The summed E-state index contributed by atoms with van der Waals surface area (Å²) < 4.78 is 0.852. The van der Waals surface area contributed by atoms with E-state index in [-0.39, 0.29) is 17.6 Å². The number of thioether (sulfide) groups is 1. The normalized spacial score (nSPS) is 9.73. The van der Waals surface area contributed by atoms with Gasteiger partial charge in [0.25, 0.3) is 0 Å². The summed E-state index contributed by atoms with van der Waals surface area (Å²) in [5, 5.41) is 1.92. The number of amides is 2. The van der Waals surface area contributed by atoms with Crippen LogP contribution in [0.4, 0.5) is 0 Å². The molecule has 2 amide bonds. The Balaban J connectivity index is 2.25. The Morgan fingerprint density at radius 3 is 2.80 bits per heavy atom. The summed E-state index contributed by atoms with van der Waals surface area (Å²) in [7, 11) is 0. The van der Waals surface area contributed by atoms with Gasteiger partial charge in [0.2, 0.25) is 11.8 Å². The number of carbonyl (C=O) groups is 2. The number of nitrogens with one attached hydrogen (secondary N) is 2. The third kappa shape index (κ3) is 4.80. The highest BCUT2D eigenvalue weighted by molar-refractivity contribution is 8.01. The van der Waals surface area contributed by atoms with Crippen molar-refractivity contribution in [3.63, 3.8) is 0 Å². The number of nitrogens with zero attached hydrogens (tertiary/aromatic N) is 1. The molecule has 2 N–H and O–H groups in total. The zero-order chi connectivity index (χ0) is 11.3. The molecular formula is C8H11N3O2S2. The smallest absolute Gasteiger partial charge is 0.248 e. The fourth-order valence-corrected chi connectivity index (χ4v) is 2.37. The van der Waals surface area contributed by atoms with E-state index in [1.54, 1.807) is 0 Å². The highest BCUT2D eigenvalue weighted by Gasteiger charge is 2.05. The minimum atomic E-state index is -0.293. The van der Waals surface area contributed by atoms with E-state index in [1.165, 1.54) is 30.0 Å². The first kappa shape index (κ1) is 12.0.